The summed E-state index contributed by atoms with van der Waals surface area (Å²) in [5.41, 5.74) is 1.31. The zero-order valence-corrected chi connectivity index (χ0v) is 12.1. The van der Waals surface area contributed by atoms with Crippen molar-refractivity contribution in [1.82, 2.24) is 10.6 Å². The number of aryl methyl sites for hydroxylation is 1. The Hall–Kier alpha value is -1.10. The summed E-state index contributed by atoms with van der Waals surface area (Å²) < 4.78 is 0. The first-order valence-corrected chi connectivity index (χ1v) is 6.92. The first-order valence-electron chi connectivity index (χ1n) is 6.55. The van der Waals surface area contributed by atoms with Crippen LogP contribution in [0, 0.1) is 6.92 Å². The minimum Gasteiger partial charge on any atom is -0.324 e. The highest BCUT2D eigenvalue weighted by Gasteiger charge is 2.38. The molecule has 3 N–H and O–H groups in total. The number of benzene rings is 1. The maximum Gasteiger partial charge on any atom is 0.244 e. The molecule has 1 aromatic rings. The summed E-state index contributed by atoms with van der Waals surface area (Å²) in [6.45, 7) is 3.66. The van der Waals surface area contributed by atoms with Crippen LogP contribution < -0.4 is 16.0 Å². The number of hydrogen-bond acceptors (Lipinski definition) is 3. The Labute approximate surface area is 118 Å². The van der Waals surface area contributed by atoms with Gasteiger partial charge in [0, 0.05) is 10.7 Å². The molecule has 0 aromatic heterocycles. The van der Waals surface area contributed by atoms with E-state index in [0.29, 0.717) is 5.02 Å². The van der Waals surface area contributed by atoms with Crippen LogP contribution in [0.2, 0.25) is 5.02 Å². The fourth-order valence-electron chi connectivity index (χ4n) is 2.41. The number of carbonyl (C=O) groups is 1. The van der Waals surface area contributed by atoms with Gasteiger partial charge in [0.05, 0.1) is 0 Å². The van der Waals surface area contributed by atoms with Gasteiger partial charge in [-0.05, 0) is 57.6 Å². The van der Waals surface area contributed by atoms with Gasteiger partial charge in [-0.25, -0.2) is 0 Å². The summed E-state index contributed by atoms with van der Waals surface area (Å²) in [5.74, 6) is 0.0156. The number of anilines is 1. The van der Waals surface area contributed by atoms with Crippen molar-refractivity contribution in [2.75, 3.05) is 25.5 Å². The van der Waals surface area contributed by atoms with E-state index in [-0.39, 0.29) is 5.91 Å². The maximum atomic E-state index is 12.5. The molecule has 2 rings (SSSR count). The molecule has 1 heterocycles. The van der Waals surface area contributed by atoms with Crippen LogP contribution in [-0.4, -0.2) is 31.6 Å². The van der Waals surface area contributed by atoms with E-state index in [4.69, 9.17) is 11.6 Å². The third kappa shape index (κ3) is 3.08. The van der Waals surface area contributed by atoms with Gasteiger partial charge in [0.1, 0.15) is 5.54 Å². The summed E-state index contributed by atoms with van der Waals surface area (Å²) in [5, 5.41) is 10.1. The van der Waals surface area contributed by atoms with Crippen LogP contribution >= 0.6 is 11.6 Å². The minimum atomic E-state index is -0.486. The summed E-state index contributed by atoms with van der Waals surface area (Å²) in [7, 11) is 1.84. The number of rotatable bonds is 3. The predicted octanol–water partition coefficient (Wildman–Crippen LogP) is 1.93. The van der Waals surface area contributed by atoms with Crippen LogP contribution in [0.1, 0.15) is 18.4 Å². The van der Waals surface area contributed by atoms with Gasteiger partial charge >= 0.3 is 0 Å². The largest absolute Gasteiger partial charge is 0.324 e. The van der Waals surface area contributed by atoms with Crippen LogP contribution in [0.15, 0.2) is 18.2 Å². The Morgan fingerprint density at radius 1 is 1.37 bits per heavy atom. The molecule has 4 nitrogen and oxygen atoms in total. The van der Waals surface area contributed by atoms with Gasteiger partial charge in [0.15, 0.2) is 0 Å². The number of hydrogen-bond donors (Lipinski definition) is 3. The van der Waals surface area contributed by atoms with Crippen molar-refractivity contribution in [3.63, 3.8) is 0 Å². The van der Waals surface area contributed by atoms with E-state index in [1.54, 1.807) is 6.07 Å². The highest BCUT2D eigenvalue weighted by molar-refractivity contribution is 6.31. The van der Waals surface area contributed by atoms with Gasteiger partial charge in [-0.1, -0.05) is 17.7 Å². The molecule has 0 unspecified atom stereocenters. The lowest BCUT2D eigenvalue weighted by Gasteiger charge is -2.36. The standard InChI is InChI=1S/C14H20ClN3O/c1-10-3-4-11(15)9-12(10)18-13(19)14(16-2)5-7-17-8-6-14/h3-4,9,16-17H,5-8H2,1-2H3,(H,18,19). The second kappa shape index (κ2) is 5.90. The quantitative estimate of drug-likeness (QED) is 0.794. The lowest BCUT2D eigenvalue weighted by Crippen LogP contribution is -2.58. The van der Waals surface area contributed by atoms with Crippen LogP contribution in [-0.2, 0) is 4.79 Å². The normalized spacial score (nSPS) is 18.1. The van der Waals surface area contributed by atoms with Crippen molar-refractivity contribution < 1.29 is 4.79 Å². The van der Waals surface area contributed by atoms with Crippen molar-refractivity contribution in [3.05, 3.63) is 28.8 Å². The van der Waals surface area contributed by atoms with Crippen molar-refractivity contribution in [2.24, 2.45) is 0 Å². The van der Waals surface area contributed by atoms with Gasteiger partial charge < -0.3 is 16.0 Å². The Morgan fingerprint density at radius 2 is 2.05 bits per heavy atom. The molecule has 0 atom stereocenters. The highest BCUT2D eigenvalue weighted by atomic mass is 35.5. The molecule has 0 radical (unpaired) electrons. The van der Waals surface area contributed by atoms with Gasteiger partial charge in [-0.15, -0.1) is 0 Å². The van der Waals surface area contributed by atoms with E-state index in [9.17, 15) is 4.79 Å². The molecule has 1 aliphatic rings. The lowest BCUT2D eigenvalue weighted by atomic mass is 9.87. The fraction of sp³-hybridized carbons (Fsp3) is 0.500. The summed E-state index contributed by atoms with van der Waals surface area (Å²) >= 11 is 5.98. The summed E-state index contributed by atoms with van der Waals surface area (Å²) in [6.07, 6.45) is 1.57. The molecule has 0 spiro atoms. The zero-order valence-electron chi connectivity index (χ0n) is 11.3. The first-order chi connectivity index (χ1) is 9.07. The van der Waals surface area contributed by atoms with Gasteiger partial charge in [-0.3, -0.25) is 4.79 Å². The maximum absolute atomic E-state index is 12.5. The molecule has 0 aliphatic carbocycles. The van der Waals surface area contributed by atoms with Gasteiger partial charge in [-0.2, -0.15) is 0 Å². The van der Waals surface area contributed by atoms with Crippen LogP contribution in [0.4, 0.5) is 5.69 Å². The number of piperidine rings is 1. The van der Waals surface area contributed by atoms with Crippen LogP contribution in [0.3, 0.4) is 0 Å². The van der Waals surface area contributed by atoms with Gasteiger partial charge in [0.25, 0.3) is 0 Å². The Bertz CT molecular complexity index is 470. The van der Waals surface area contributed by atoms with Gasteiger partial charge in [0.2, 0.25) is 5.91 Å². The third-order valence-electron chi connectivity index (χ3n) is 3.82. The molecule has 1 saturated heterocycles. The SMILES string of the molecule is CNC1(C(=O)Nc2cc(Cl)ccc2C)CCNCC1. The topological polar surface area (TPSA) is 53.2 Å². The first kappa shape index (κ1) is 14.3. The molecule has 0 saturated carbocycles. The molecule has 104 valence electrons. The smallest absolute Gasteiger partial charge is 0.244 e. The lowest BCUT2D eigenvalue weighted by molar-refractivity contribution is -0.123. The second-order valence-corrected chi connectivity index (χ2v) is 5.43. The third-order valence-corrected chi connectivity index (χ3v) is 4.05. The zero-order chi connectivity index (χ0) is 13.9. The molecule has 1 amide bonds. The average Bonchev–Trinajstić information content (AvgIpc) is 2.43. The molecule has 19 heavy (non-hydrogen) atoms. The average molecular weight is 282 g/mol. The Balaban J connectivity index is 2.17. The molecule has 1 aliphatic heterocycles. The Kier molecular flexibility index (Phi) is 4.45. The Morgan fingerprint density at radius 3 is 2.68 bits per heavy atom. The second-order valence-electron chi connectivity index (χ2n) is 5.00. The molecule has 1 aromatic carbocycles. The molecule has 0 bridgehead atoms. The van der Waals surface area contributed by atoms with E-state index >= 15 is 0 Å². The predicted molar refractivity (Wildman–Crippen MR) is 78.7 cm³/mol. The van der Waals surface area contributed by atoms with Crippen molar-refractivity contribution in [3.8, 4) is 0 Å². The number of carbonyl (C=O) groups excluding carboxylic acids is 1. The highest BCUT2D eigenvalue weighted by Crippen LogP contribution is 2.24. The van der Waals surface area contributed by atoms with E-state index in [2.05, 4.69) is 16.0 Å². The minimum absolute atomic E-state index is 0.0156. The number of halogens is 1. The van der Waals surface area contributed by atoms with Crippen molar-refractivity contribution >= 4 is 23.2 Å². The van der Waals surface area contributed by atoms with E-state index in [1.807, 2.05) is 26.1 Å². The van der Waals surface area contributed by atoms with E-state index in [1.165, 1.54) is 0 Å². The molecular formula is C14H20ClN3O. The molecule has 1 fully saturated rings. The summed E-state index contributed by atoms with van der Waals surface area (Å²) in [4.78, 5) is 12.5. The monoisotopic (exact) mass is 281 g/mol. The van der Waals surface area contributed by atoms with Crippen LogP contribution in [0.25, 0.3) is 0 Å². The summed E-state index contributed by atoms with van der Waals surface area (Å²) in [6, 6.07) is 5.52. The number of amides is 1. The van der Waals surface area contributed by atoms with E-state index in [0.717, 1.165) is 37.2 Å². The number of nitrogens with one attached hydrogen (secondary N) is 3. The van der Waals surface area contributed by atoms with Crippen LogP contribution in [0.5, 0.6) is 0 Å². The molecular weight excluding hydrogens is 262 g/mol. The van der Waals surface area contributed by atoms with Crippen molar-refractivity contribution in [1.29, 1.82) is 0 Å². The number of likely N-dealkylation sites (N-methyl/N-ethyl adjacent to an activating group) is 1. The van der Waals surface area contributed by atoms with E-state index < -0.39 is 5.54 Å². The van der Waals surface area contributed by atoms with Crippen molar-refractivity contribution in [2.45, 2.75) is 25.3 Å². The fourth-order valence-corrected chi connectivity index (χ4v) is 2.59. The molecule has 5 heteroatoms.